The summed E-state index contributed by atoms with van der Waals surface area (Å²) in [5, 5.41) is 5.26. The molecule has 1 unspecified atom stereocenters. The Bertz CT molecular complexity index is 945. The number of amides is 1. The van der Waals surface area contributed by atoms with Gasteiger partial charge in [0.25, 0.3) is 5.56 Å². The molecule has 0 saturated carbocycles. The van der Waals surface area contributed by atoms with Crippen molar-refractivity contribution < 1.29 is 14.3 Å². The summed E-state index contributed by atoms with van der Waals surface area (Å²) in [6.45, 7) is 2.91. The number of carbonyl (C=O) groups is 2. The van der Waals surface area contributed by atoms with E-state index in [0.717, 1.165) is 12.8 Å². The number of hydrogen-bond acceptors (Lipinski definition) is 4. The van der Waals surface area contributed by atoms with Crippen LogP contribution in [0.5, 0.6) is 5.75 Å². The van der Waals surface area contributed by atoms with E-state index in [0.29, 0.717) is 48.5 Å². The fraction of sp³-hybridized carbons (Fsp3) is 0.450. The first-order valence-corrected chi connectivity index (χ1v) is 9.33. The highest BCUT2D eigenvalue weighted by Gasteiger charge is 2.42. The zero-order valence-corrected chi connectivity index (χ0v) is 15.3. The van der Waals surface area contributed by atoms with E-state index in [-0.39, 0.29) is 23.7 Å². The number of carbonyl (C=O) groups excluding carboxylic acids is 2. The number of likely N-dealkylation sites (tertiary alicyclic amines) is 1. The van der Waals surface area contributed by atoms with E-state index in [9.17, 15) is 14.4 Å². The van der Waals surface area contributed by atoms with Crippen LogP contribution < -0.4 is 10.3 Å². The molecule has 3 heterocycles. The zero-order valence-electron chi connectivity index (χ0n) is 15.3. The summed E-state index contributed by atoms with van der Waals surface area (Å²) < 4.78 is 6.26. The first-order valence-electron chi connectivity index (χ1n) is 9.33. The van der Waals surface area contributed by atoms with E-state index >= 15 is 0 Å². The largest absolute Gasteiger partial charge is 0.486 e. The molecule has 1 aromatic heterocycles. The molecule has 7 nitrogen and oxygen atoms in total. The molecule has 2 N–H and O–H groups in total. The van der Waals surface area contributed by atoms with Crippen LogP contribution in [0.25, 0.3) is 0 Å². The summed E-state index contributed by atoms with van der Waals surface area (Å²) >= 11 is 0. The quantitative estimate of drug-likeness (QED) is 0.846. The molecule has 2 aliphatic rings. The number of fused-ring (bicyclic) bond motifs is 1. The van der Waals surface area contributed by atoms with Crippen molar-refractivity contribution in [3.63, 3.8) is 0 Å². The number of aromatic nitrogens is 2. The van der Waals surface area contributed by atoms with Crippen molar-refractivity contribution in [1.82, 2.24) is 15.1 Å². The number of nitrogens with zero attached hydrogens (tertiary/aromatic N) is 1. The molecule has 1 spiro atoms. The third-order valence-electron chi connectivity index (χ3n) is 5.67. The van der Waals surface area contributed by atoms with Crippen molar-refractivity contribution in [3.05, 3.63) is 51.4 Å². The van der Waals surface area contributed by atoms with Gasteiger partial charge in [-0.15, -0.1) is 0 Å². The Hall–Kier alpha value is -2.83. The predicted octanol–water partition coefficient (Wildman–Crippen LogP) is 1.97. The lowest BCUT2D eigenvalue weighted by Gasteiger charge is -2.37. The van der Waals surface area contributed by atoms with Crippen molar-refractivity contribution in [1.29, 1.82) is 0 Å². The molecule has 4 rings (SSSR count). The van der Waals surface area contributed by atoms with Crippen molar-refractivity contribution >= 4 is 11.7 Å². The number of aromatic amines is 2. The van der Waals surface area contributed by atoms with Gasteiger partial charge in [-0.3, -0.25) is 19.5 Å². The number of benzene rings is 1. The maximum absolute atomic E-state index is 12.7. The van der Waals surface area contributed by atoms with Crippen LogP contribution in [0.4, 0.5) is 0 Å². The molecule has 0 aliphatic carbocycles. The SMILES string of the molecule is Cc1[nH][nH]c(=O)c1CC(=O)N1CCCC2(CC1)CC(=O)c1ccccc1O2. The highest BCUT2D eigenvalue weighted by molar-refractivity contribution is 6.00. The van der Waals surface area contributed by atoms with Crippen LogP contribution in [0.2, 0.25) is 0 Å². The average molecular weight is 369 g/mol. The van der Waals surface area contributed by atoms with Gasteiger partial charge < -0.3 is 14.7 Å². The van der Waals surface area contributed by atoms with Gasteiger partial charge in [-0.2, -0.15) is 0 Å². The number of ether oxygens (including phenoxy) is 1. The molecule has 0 radical (unpaired) electrons. The molecule has 0 bridgehead atoms. The number of Topliss-reactive ketones (excluding diaryl/α,β-unsaturated/α-hetero) is 1. The van der Waals surface area contributed by atoms with Gasteiger partial charge in [-0.1, -0.05) is 12.1 Å². The van der Waals surface area contributed by atoms with Gasteiger partial charge in [0, 0.05) is 30.8 Å². The second kappa shape index (κ2) is 6.72. The van der Waals surface area contributed by atoms with E-state index in [4.69, 9.17) is 4.74 Å². The van der Waals surface area contributed by atoms with Gasteiger partial charge in [-0.25, -0.2) is 0 Å². The van der Waals surface area contributed by atoms with Crippen LogP contribution >= 0.6 is 0 Å². The van der Waals surface area contributed by atoms with Gasteiger partial charge in [-0.05, 0) is 31.9 Å². The number of hydrogen-bond donors (Lipinski definition) is 2. The smallest absolute Gasteiger partial charge is 0.267 e. The van der Waals surface area contributed by atoms with E-state index in [1.807, 2.05) is 18.2 Å². The molecular formula is C20H23N3O4. The molecule has 1 amide bonds. The molecule has 2 aliphatic heterocycles. The molecule has 7 heteroatoms. The molecule has 142 valence electrons. The fourth-order valence-electron chi connectivity index (χ4n) is 4.09. The van der Waals surface area contributed by atoms with E-state index in [2.05, 4.69) is 10.2 Å². The number of para-hydroxylation sites is 1. The summed E-state index contributed by atoms with van der Waals surface area (Å²) in [4.78, 5) is 38.9. The molecule has 2 aromatic rings. The summed E-state index contributed by atoms with van der Waals surface area (Å²) in [6, 6.07) is 7.35. The van der Waals surface area contributed by atoms with Crippen molar-refractivity contribution in [2.24, 2.45) is 0 Å². The molecule has 1 saturated heterocycles. The fourth-order valence-corrected chi connectivity index (χ4v) is 4.09. The number of ketones is 1. The first kappa shape index (κ1) is 17.6. The average Bonchev–Trinajstić information content (AvgIpc) is 2.84. The van der Waals surface area contributed by atoms with Crippen LogP contribution in [-0.2, 0) is 11.2 Å². The highest BCUT2D eigenvalue weighted by atomic mass is 16.5. The number of aryl methyl sites for hydroxylation is 1. The van der Waals surface area contributed by atoms with Gasteiger partial charge in [0.15, 0.2) is 5.78 Å². The molecule has 1 aromatic carbocycles. The summed E-state index contributed by atoms with van der Waals surface area (Å²) in [6.07, 6.45) is 2.55. The summed E-state index contributed by atoms with van der Waals surface area (Å²) in [5.41, 5.74) is 1.03. The predicted molar refractivity (Wildman–Crippen MR) is 99.0 cm³/mol. The molecule has 1 fully saturated rings. The normalized spacial score (nSPS) is 22.3. The number of H-pyrrole nitrogens is 2. The van der Waals surface area contributed by atoms with Crippen LogP contribution in [-0.4, -0.2) is 45.5 Å². The van der Waals surface area contributed by atoms with Crippen molar-refractivity contribution in [2.45, 2.75) is 44.6 Å². The minimum atomic E-state index is -0.540. The van der Waals surface area contributed by atoms with E-state index in [1.54, 1.807) is 17.9 Å². The lowest BCUT2D eigenvalue weighted by molar-refractivity contribution is -0.130. The third-order valence-corrected chi connectivity index (χ3v) is 5.67. The summed E-state index contributed by atoms with van der Waals surface area (Å²) in [5.74, 6) is 0.678. The minimum absolute atomic E-state index is 0.0669. The van der Waals surface area contributed by atoms with Crippen LogP contribution in [0.15, 0.2) is 29.1 Å². The van der Waals surface area contributed by atoms with Crippen molar-refractivity contribution in [2.75, 3.05) is 13.1 Å². The molecule has 27 heavy (non-hydrogen) atoms. The van der Waals surface area contributed by atoms with Crippen LogP contribution in [0, 0.1) is 6.92 Å². The standard InChI is InChI=1S/C20H23N3O4/c1-13-15(19(26)22-21-13)11-18(25)23-9-4-7-20(8-10-23)12-16(24)14-5-2-3-6-17(14)27-20/h2-3,5-6H,4,7-12H2,1H3,(H2,21,22,26). The van der Waals surface area contributed by atoms with Crippen LogP contribution in [0.1, 0.15) is 47.3 Å². The maximum atomic E-state index is 12.7. The van der Waals surface area contributed by atoms with E-state index < -0.39 is 5.60 Å². The highest BCUT2D eigenvalue weighted by Crippen LogP contribution is 2.39. The number of nitrogens with one attached hydrogen (secondary N) is 2. The molecule has 1 atom stereocenters. The lowest BCUT2D eigenvalue weighted by atomic mass is 9.84. The first-order chi connectivity index (χ1) is 13.0. The maximum Gasteiger partial charge on any atom is 0.267 e. The Morgan fingerprint density at radius 3 is 2.78 bits per heavy atom. The zero-order chi connectivity index (χ0) is 19.0. The van der Waals surface area contributed by atoms with Gasteiger partial charge in [0.1, 0.15) is 11.4 Å². The Labute approximate surface area is 156 Å². The van der Waals surface area contributed by atoms with Gasteiger partial charge in [0.05, 0.1) is 18.4 Å². The van der Waals surface area contributed by atoms with Crippen molar-refractivity contribution in [3.8, 4) is 5.75 Å². The molecular weight excluding hydrogens is 346 g/mol. The third kappa shape index (κ3) is 3.29. The Morgan fingerprint density at radius 1 is 1.19 bits per heavy atom. The lowest BCUT2D eigenvalue weighted by Crippen LogP contribution is -2.43. The van der Waals surface area contributed by atoms with Gasteiger partial charge in [0.2, 0.25) is 5.91 Å². The van der Waals surface area contributed by atoms with E-state index in [1.165, 1.54) is 0 Å². The summed E-state index contributed by atoms with van der Waals surface area (Å²) in [7, 11) is 0. The van der Waals surface area contributed by atoms with Crippen LogP contribution in [0.3, 0.4) is 0 Å². The second-order valence-electron chi connectivity index (χ2n) is 7.47. The monoisotopic (exact) mass is 369 g/mol. The Balaban J connectivity index is 1.47. The number of rotatable bonds is 2. The minimum Gasteiger partial charge on any atom is -0.486 e. The topological polar surface area (TPSA) is 95.3 Å². The second-order valence-corrected chi connectivity index (χ2v) is 7.47. The Kier molecular flexibility index (Phi) is 4.37. The van der Waals surface area contributed by atoms with Gasteiger partial charge >= 0.3 is 0 Å². The Morgan fingerprint density at radius 2 is 2.00 bits per heavy atom.